The van der Waals surface area contributed by atoms with Gasteiger partial charge in [-0.05, 0) is 6.42 Å². The normalized spacial score (nSPS) is 11.2. The summed E-state index contributed by atoms with van der Waals surface area (Å²) in [7, 11) is 0. The average Bonchev–Trinajstić information content (AvgIpc) is 1.89. The van der Waals surface area contributed by atoms with Crippen LogP contribution in [-0.2, 0) is 4.79 Å². The molecule has 0 aromatic heterocycles. The summed E-state index contributed by atoms with van der Waals surface area (Å²) in [5.74, 6) is 0. The minimum Gasteiger partial charge on any atom is -0.303 e. The Morgan fingerprint density at radius 2 is 1.89 bits per heavy atom. The summed E-state index contributed by atoms with van der Waals surface area (Å²) >= 11 is 0. The van der Waals surface area contributed by atoms with E-state index in [1.54, 1.807) is 0 Å². The van der Waals surface area contributed by atoms with Crippen LogP contribution in [0.1, 0.15) is 19.8 Å². The highest BCUT2D eigenvalue weighted by atomic mass is 16.1. The molecule has 9 heavy (non-hydrogen) atoms. The molecule has 0 saturated carbocycles. The van der Waals surface area contributed by atoms with Crippen molar-refractivity contribution in [3.63, 3.8) is 0 Å². The monoisotopic (exact) mass is 124 g/mol. The molecule has 0 aromatic rings. The highest BCUT2D eigenvalue weighted by Crippen LogP contribution is 1.82. The topological polar surface area (TPSA) is 17.1 Å². The molecule has 0 radical (unpaired) electrons. The third-order valence-electron chi connectivity index (χ3n) is 0.851. The van der Waals surface area contributed by atoms with E-state index in [2.05, 4.69) is 6.92 Å². The molecule has 0 saturated heterocycles. The summed E-state index contributed by atoms with van der Waals surface area (Å²) in [6, 6.07) is 0. The van der Waals surface area contributed by atoms with Gasteiger partial charge in [0.05, 0.1) is 0 Å². The Labute approximate surface area is 56.1 Å². The Morgan fingerprint density at radius 3 is 2.44 bits per heavy atom. The molecule has 0 aliphatic carbocycles. The largest absolute Gasteiger partial charge is 0.303 e. The highest BCUT2D eigenvalue weighted by Gasteiger charge is 1.67. The zero-order chi connectivity index (χ0) is 6.95. The van der Waals surface area contributed by atoms with Gasteiger partial charge < -0.3 is 4.79 Å². The van der Waals surface area contributed by atoms with Gasteiger partial charge in [-0.2, -0.15) is 0 Å². The molecule has 0 spiro atoms. The van der Waals surface area contributed by atoms with Crippen LogP contribution in [0.5, 0.6) is 0 Å². The molecule has 0 N–H and O–H groups in total. The summed E-state index contributed by atoms with van der Waals surface area (Å²) in [5, 5.41) is 0. The summed E-state index contributed by atoms with van der Waals surface area (Å²) < 4.78 is 0. The number of carbonyl (C=O) groups excluding carboxylic acids is 1. The Balaban J connectivity index is 3.23. The van der Waals surface area contributed by atoms with E-state index in [1.807, 2.05) is 24.3 Å². The Bertz CT molecular complexity index is 112. The van der Waals surface area contributed by atoms with Crippen LogP contribution < -0.4 is 0 Å². The molecule has 0 heterocycles. The summed E-state index contributed by atoms with van der Waals surface area (Å²) in [5.41, 5.74) is 0. The van der Waals surface area contributed by atoms with Gasteiger partial charge in [-0.15, -0.1) is 0 Å². The van der Waals surface area contributed by atoms with Crippen LogP contribution >= 0.6 is 0 Å². The second-order valence-electron chi connectivity index (χ2n) is 1.67. The van der Waals surface area contributed by atoms with Gasteiger partial charge in [0.1, 0.15) is 6.29 Å². The lowest BCUT2D eigenvalue weighted by Gasteiger charge is -1.74. The van der Waals surface area contributed by atoms with E-state index in [-0.39, 0.29) is 0 Å². The number of allylic oxidation sites excluding steroid dienone is 4. The maximum absolute atomic E-state index is 9.76. The molecule has 0 fully saturated rings. The van der Waals surface area contributed by atoms with Gasteiger partial charge in [0, 0.05) is 6.42 Å². The van der Waals surface area contributed by atoms with Crippen LogP contribution in [-0.4, -0.2) is 6.29 Å². The lowest BCUT2D eigenvalue weighted by molar-refractivity contribution is -0.107. The van der Waals surface area contributed by atoms with E-state index in [0.29, 0.717) is 6.42 Å². The standard InChI is InChI=1S/C8H12O/c1-2-3-4-5-6-7-8-9/h3-6,8H,2,7H2,1H3/b4-3-,6-5+. The van der Waals surface area contributed by atoms with E-state index in [1.165, 1.54) is 0 Å². The maximum Gasteiger partial charge on any atom is 0.123 e. The molecule has 0 rings (SSSR count). The zero-order valence-electron chi connectivity index (χ0n) is 5.71. The predicted molar refractivity (Wildman–Crippen MR) is 39.3 cm³/mol. The van der Waals surface area contributed by atoms with Crippen LogP contribution in [0.3, 0.4) is 0 Å². The molecule has 0 amide bonds. The van der Waals surface area contributed by atoms with Crippen molar-refractivity contribution in [3.05, 3.63) is 24.3 Å². The van der Waals surface area contributed by atoms with Crippen molar-refractivity contribution < 1.29 is 4.79 Å². The second-order valence-corrected chi connectivity index (χ2v) is 1.67. The fourth-order valence-corrected chi connectivity index (χ4v) is 0.427. The zero-order valence-corrected chi connectivity index (χ0v) is 5.71. The molecular weight excluding hydrogens is 112 g/mol. The van der Waals surface area contributed by atoms with Crippen LogP contribution in [0.15, 0.2) is 24.3 Å². The SMILES string of the molecule is CC/C=C\C=C\CC=O. The van der Waals surface area contributed by atoms with Crippen molar-refractivity contribution in [1.82, 2.24) is 0 Å². The smallest absolute Gasteiger partial charge is 0.123 e. The minimum absolute atomic E-state index is 0.522. The number of aldehydes is 1. The van der Waals surface area contributed by atoms with Crippen molar-refractivity contribution in [3.8, 4) is 0 Å². The third-order valence-corrected chi connectivity index (χ3v) is 0.851. The minimum atomic E-state index is 0.522. The summed E-state index contributed by atoms with van der Waals surface area (Å²) in [6.07, 6.45) is 10.2. The number of hydrogen-bond acceptors (Lipinski definition) is 1. The number of hydrogen-bond donors (Lipinski definition) is 0. The Kier molecular flexibility index (Phi) is 6.47. The number of rotatable bonds is 4. The summed E-state index contributed by atoms with van der Waals surface area (Å²) in [6.45, 7) is 2.07. The van der Waals surface area contributed by atoms with E-state index in [4.69, 9.17) is 0 Å². The predicted octanol–water partition coefficient (Wildman–Crippen LogP) is 2.10. The van der Waals surface area contributed by atoms with Gasteiger partial charge in [-0.3, -0.25) is 0 Å². The van der Waals surface area contributed by atoms with Crippen LogP contribution in [0.4, 0.5) is 0 Å². The van der Waals surface area contributed by atoms with E-state index < -0.39 is 0 Å². The van der Waals surface area contributed by atoms with Crippen molar-refractivity contribution in [1.29, 1.82) is 0 Å². The van der Waals surface area contributed by atoms with Crippen molar-refractivity contribution in [2.75, 3.05) is 0 Å². The molecule has 50 valence electrons. The highest BCUT2D eigenvalue weighted by molar-refractivity contribution is 5.51. The van der Waals surface area contributed by atoms with Gasteiger partial charge in [0.2, 0.25) is 0 Å². The molecule has 0 atom stereocenters. The Morgan fingerprint density at radius 1 is 1.22 bits per heavy atom. The fourth-order valence-electron chi connectivity index (χ4n) is 0.427. The third kappa shape index (κ3) is 7.15. The van der Waals surface area contributed by atoms with Gasteiger partial charge in [-0.1, -0.05) is 31.2 Å². The first-order valence-electron chi connectivity index (χ1n) is 3.17. The van der Waals surface area contributed by atoms with Crippen LogP contribution in [0.25, 0.3) is 0 Å². The molecule has 0 unspecified atom stereocenters. The first-order valence-corrected chi connectivity index (χ1v) is 3.17. The van der Waals surface area contributed by atoms with E-state index >= 15 is 0 Å². The number of carbonyl (C=O) groups is 1. The molecule has 0 aromatic carbocycles. The molecule has 1 heteroatoms. The molecule has 0 aliphatic rings. The van der Waals surface area contributed by atoms with Gasteiger partial charge >= 0.3 is 0 Å². The van der Waals surface area contributed by atoms with Crippen LogP contribution in [0, 0.1) is 0 Å². The van der Waals surface area contributed by atoms with Crippen LogP contribution in [0.2, 0.25) is 0 Å². The van der Waals surface area contributed by atoms with Crippen molar-refractivity contribution >= 4 is 6.29 Å². The lowest BCUT2D eigenvalue weighted by atomic mass is 10.3. The average molecular weight is 124 g/mol. The molecule has 1 nitrogen and oxygen atoms in total. The molecular formula is C8H12O. The van der Waals surface area contributed by atoms with Gasteiger partial charge in [0.25, 0.3) is 0 Å². The fraction of sp³-hybridized carbons (Fsp3) is 0.375. The second kappa shape index (κ2) is 7.15. The maximum atomic E-state index is 9.76. The van der Waals surface area contributed by atoms with E-state index in [9.17, 15) is 4.79 Å². The first-order chi connectivity index (χ1) is 4.41. The lowest BCUT2D eigenvalue weighted by Crippen LogP contribution is -1.63. The molecule has 0 aliphatic heterocycles. The van der Waals surface area contributed by atoms with Gasteiger partial charge in [0.15, 0.2) is 0 Å². The van der Waals surface area contributed by atoms with Crippen molar-refractivity contribution in [2.24, 2.45) is 0 Å². The van der Waals surface area contributed by atoms with Crippen molar-refractivity contribution in [2.45, 2.75) is 19.8 Å². The van der Waals surface area contributed by atoms with Gasteiger partial charge in [-0.25, -0.2) is 0 Å². The Hall–Kier alpha value is -0.850. The molecule has 0 bridgehead atoms. The summed E-state index contributed by atoms with van der Waals surface area (Å²) in [4.78, 5) is 9.76. The quantitative estimate of drug-likeness (QED) is 0.414. The van der Waals surface area contributed by atoms with E-state index in [0.717, 1.165) is 12.7 Å². The first kappa shape index (κ1) is 8.15.